The van der Waals surface area contributed by atoms with Crippen molar-refractivity contribution < 1.29 is 4.79 Å². The number of nitrogens with one attached hydrogen (secondary N) is 1. The van der Waals surface area contributed by atoms with Gasteiger partial charge in [0.2, 0.25) is 5.91 Å². The molecule has 0 unspecified atom stereocenters. The van der Waals surface area contributed by atoms with E-state index in [1.165, 1.54) is 10.1 Å². The minimum atomic E-state index is -0.549. The van der Waals surface area contributed by atoms with Crippen LogP contribution in [0.4, 0.5) is 0 Å². The van der Waals surface area contributed by atoms with Gasteiger partial charge in [0, 0.05) is 18.8 Å². The average Bonchev–Trinajstić information content (AvgIpc) is 2.68. The number of aromatic nitrogens is 3. The first kappa shape index (κ1) is 20.5. The van der Waals surface area contributed by atoms with Gasteiger partial charge in [-0.05, 0) is 50.8 Å². The van der Waals surface area contributed by atoms with Crippen LogP contribution in [-0.4, -0.2) is 26.1 Å². The smallest absolute Gasteiger partial charge is 0.332 e. The fraction of sp³-hybridized carbons (Fsp3) is 0.364. The third-order valence-electron chi connectivity index (χ3n) is 5.04. The van der Waals surface area contributed by atoms with Gasteiger partial charge in [-0.1, -0.05) is 30.3 Å². The number of fused-ring (bicyclic) bond motifs is 1. The van der Waals surface area contributed by atoms with Crippen LogP contribution in [-0.2, 0) is 24.8 Å². The van der Waals surface area contributed by atoms with E-state index in [2.05, 4.69) is 10.3 Å². The molecule has 0 radical (unpaired) electrons. The van der Waals surface area contributed by atoms with Crippen molar-refractivity contribution in [3.05, 3.63) is 74.1 Å². The van der Waals surface area contributed by atoms with Gasteiger partial charge < -0.3 is 5.32 Å². The van der Waals surface area contributed by atoms with Crippen LogP contribution in [0.5, 0.6) is 0 Å². The molecule has 7 heteroatoms. The molecule has 1 N–H and O–H groups in total. The lowest BCUT2D eigenvalue weighted by atomic mass is 10.1. The Labute approximate surface area is 169 Å². The summed E-state index contributed by atoms with van der Waals surface area (Å²) in [5.74, 6) is -0.359. The van der Waals surface area contributed by atoms with Gasteiger partial charge in [0.05, 0.1) is 5.39 Å². The summed E-state index contributed by atoms with van der Waals surface area (Å²) in [6, 6.07) is 11.8. The molecule has 1 aromatic carbocycles. The van der Waals surface area contributed by atoms with Gasteiger partial charge in [0.15, 0.2) is 0 Å². The van der Waals surface area contributed by atoms with Crippen molar-refractivity contribution in [2.45, 2.75) is 46.2 Å². The number of carbonyl (C=O) groups is 1. The van der Waals surface area contributed by atoms with E-state index < -0.39 is 11.2 Å². The van der Waals surface area contributed by atoms with E-state index in [9.17, 15) is 14.4 Å². The van der Waals surface area contributed by atoms with Crippen LogP contribution in [0.15, 0.2) is 46.0 Å². The highest BCUT2D eigenvalue weighted by molar-refractivity contribution is 5.79. The molecule has 2 heterocycles. The molecule has 0 aliphatic heterocycles. The molecule has 3 rings (SSSR count). The van der Waals surface area contributed by atoms with Crippen LogP contribution in [0.1, 0.15) is 30.2 Å². The van der Waals surface area contributed by atoms with Crippen molar-refractivity contribution in [2.75, 3.05) is 0 Å². The highest BCUT2D eigenvalue weighted by atomic mass is 16.2. The van der Waals surface area contributed by atoms with Gasteiger partial charge in [0.25, 0.3) is 5.56 Å². The Morgan fingerprint density at radius 3 is 2.55 bits per heavy atom. The van der Waals surface area contributed by atoms with Crippen molar-refractivity contribution in [1.29, 1.82) is 0 Å². The first-order valence-corrected chi connectivity index (χ1v) is 9.69. The summed E-state index contributed by atoms with van der Waals surface area (Å²) in [5.41, 5.74) is 1.97. The van der Waals surface area contributed by atoms with Gasteiger partial charge in [-0.3, -0.25) is 18.7 Å². The minimum absolute atomic E-state index is 0.0752. The third kappa shape index (κ3) is 4.45. The molecule has 152 valence electrons. The Hall–Kier alpha value is -3.22. The molecule has 0 aliphatic rings. The fourth-order valence-corrected chi connectivity index (χ4v) is 3.52. The Morgan fingerprint density at radius 1 is 1.17 bits per heavy atom. The number of amides is 1. The predicted octanol–water partition coefficient (Wildman–Crippen LogP) is 1.85. The number of nitrogens with zero attached hydrogens (tertiary/aromatic N) is 3. The topological polar surface area (TPSA) is 86.0 Å². The van der Waals surface area contributed by atoms with Crippen molar-refractivity contribution >= 4 is 16.9 Å². The van der Waals surface area contributed by atoms with E-state index in [0.717, 1.165) is 28.7 Å². The Bertz CT molecular complexity index is 1160. The van der Waals surface area contributed by atoms with Gasteiger partial charge in [-0.15, -0.1) is 0 Å². The van der Waals surface area contributed by atoms with Crippen molar-refractivity contribution in [2.24, 2.45) is 7.05 Å². The molecule has 0 saturated carbocycles. The molecule has 3 aromatic rings. The van der Waals surface area contributed by atoms with E-state index in [0.29, 0.717) is 11.0 Å². The van der Waals surface area contributed by atoms with E-state index in [-0.39, 0.29) is 18.5 Å². The molecule has 0 saturated heterocycles. The number of hydrogen-bond acceptors (Lipinski definition) is 4. The van der Waals surface area contributed by atoms with Gasteiger partial charge >= 0.3 is 5.69 Å². The van der Waals surface area contributed by atoms with Crippen LogP contribution >= 0.6 is 0 Å². The molecule has 0 aliphatic carbocycles. The van der Waals surface area contributed by atoms with Gasteiger partial charge in [-0.2, -0.15) is 0 Å². The standard InChI is InChI=1S/C22H26N4O3/c1-14-12-16(3)24-20-19(14)21(28)26(22(29)25(20)4)13-18(27)23-15(2)10-11-17-8-6-5-7-9-17/h5-9,12,15H,10-11,13H2,1-4H3,(H,23,27)/t15-/m1/s1. The van der Waals surface area contributed by atoms with Gasteiger partial charge in [-0.25, -0.2) is 9.78 Å². The SMILES string of the molecule is Cc1cc(C)c2c(=O)n(CC(=O)N[C@H](C)CCc3ccccc3)c(=O)n(C)c2n1. The molecule has 7 nitrogen and oxygen atoms in total. The lowest BCUT2D eigenvalue weighted by Gasteiger charge is -2.15. The Kier molecular flexibility index (Phi) is 5.96. The number of benzene rings is 1. The van der Waals surface area contributed by atoms with E-state index in [1.54, 1.807) is 20.0 Å². The summed E-state index contributed by atoms with van der Waals surface area (Å²) in [6.07, 6.45) is 1.60. The quantitative estimate of drug-likeness (QED) is 0.691. The summed E-state index contributed by atoms with van der Waals surface area (Å²) in [7, 11) is 1.56. The summed E-state index contributed by atoms with van der Waals surface area (Å²) in [5, 5.41) is 3.25. The number of carbonyl (C=O) groups excluding carboxylic acids is 1. The van der Waals surface area contributed by atoms with Crippen LogP contribution in [0, 0.1) is 13.8 Å². The molecule has 0 fully saturated rings. The average molecular weight is 394 g/mol. The van der Waals surface area contributed by atoms with Crippen molar-refractivity contribution in [1.82, 2.24) is 19.4 Å². The van der Waals surface area contributed by atoms with Crippen molar-refractivity contribution in [3.63, 3.8) is 0 Å². The molecular weight excluding hydrogens is 368 g/mol. The normalized spacial score (nSPS) is 12.1. The second-order valence-corrected chi connectivity index (χ2v) is 7.50. The number of rotatable bonds is 6. The van der Waals surface area contributed by atoms with Crippen LogP contribution in [0.25, 0.3) is 11.0 Å². The summed E-state index contributed by atoms with van der Waals surface area (Å²) in [4.78, 5) is 42.4. The Morgan fingerprint density at radius 2 is 1.86 bits per heavy atom. The molecule has 2 aromatic heterocycles. The molecule has 1 amide bonds. The second-order valence-electron chi connectivity index (χ2n) is 7.50. The highest BCUT2D eigenvalue weighted by Gasteiger charge is 2.17. The summed E-state index contributed by atoms with van der Waals surface area (Å²) >= 11 is 0. The van der Waals surface area contributed by atoms with Crippen LogP contribution < -0.4 is 16.6 Å². The highest BCUT2D eigenvalue weighted by Crippen LogP contribution is 2.12. The van der Waals surface area contributed by atoms with Crippen molar-refractivity contribution in [3.8, 4) is 0 Å². The van der Waals surface area contributed by atoms with Crippen LogP contribution in [0.3, 0.4) is 0 Å². The summed E-state index contributed by atoms with van der Waals surface area (Å²) < 4.78 is 2.30. The fourth-order valence-electron chi connectivity index (χ4n) is 3.52. The maximum absolute atomic E-state index is 12.9. The minimum Gasteiger partial charge on any atom is -0.352 e. The first-order valence-electron chi connectivity index (χ1n) is 9.69. The summed E-state index contributed by atoms with van der Waals surface area (Å²) in [6.45, 7) is 5.22. The molecule has 29 heavy (non-hydrogen) atoms. The van der Waals surface area contributed by atoms with E-state index >= 15 is 0 Å². The third-order valence-corrected chi connectivity index (χ3v) is 5.04. The molecule has 0 bridgehead atoms. The van der Waals surface area contributed by atoms with Crippen LogP contribution in [0.2, 0.25) is 0 Å². The zero-order valence-corrected chi connectivity index (χ0v) is 17.2. The monoisotopic (exact) mass is 394 g/mol. The number of aryl methyl sites for hydroxylation is 4. The van der Waals surface area contributed by atoms with E-state index in [1.807, 2.05) is 44.2 Å². The molecular formula is C22H26N4O3. The maximum Gasteiger partial charge on any atom is 0.332 e. The maximum atomic E-state index is 12.9. The molecule has 1 atom stereocenters. The largest absolute Gasteiger partial charge is 0.352 e. The second kappa shape index (κ2) is 8.43. The Balaban J connectivity index is 1.78. The first-order chi connectivity index (χ1) is 13.8. The lowest BCUT2D eigenvalue weighted by molar-refractivity contribution is -0.122. The zero-order valence-electron chi connectivity index (χ0n) is 17.2. The lowest BCUT2D eigenvalue weighted by Crippen LogP contribution is -2.45. The molecule has 0 spiro atoms. The van der Waals surface area contributed by atoms with E-state index in [4.69, 9.17) is 0 Å². The van der Waals surface area contributed by atoms with Gasteiger partial charge in [0.1, 0.15) is 12.2 Å². The number of hydrogen-bond donors (Lipinski definition) is 1. The predicted molar refractivity (Wildman–Crippen MR) is 113 cm³/mol. The zero-order chi connectivity index (χ0) is 21.1. The number of pyridine rings is 1.